The third-order valence-corrected chi connectivity index (χ3v) is 4.19. The van der Waals surface area contributed by atoms with Crippen LogP contribution in [0.15, 0.2) is 24.3 Å². The quantitative estimate of drug-likeness (QED) is 0.857. The van der Waals surface area contributed by atoms with E-state index in [0.29, 0.717) is 22.4 Å². The second-order valence-electron chi connectivity index (χ2n) is 5.00. The van der Waals surface area contributed by atoms with E-state index in [4.69, 9.17) is 28.6 Å². The number of H-pyrrole nitrogens is 1. The summed E-state index contributed by atoms with van der Waals surface area (Å²) in [6, 6.07) is 7.79. The molecule has 4 nitrogen and oxygen atoms in total. The molecule has 0 spiro atoms. The van der Waals surface area contributed by atoms with Crippen molar-refractivity contribution in [3.8, 4) is 5.75 Å². The van der Waals surface area contributed by atoms with Gasteiger partial charge in [-0.05, 0) is 49.3 Å². The Labute approximate surface area is 127 Å². The van der Waals surface area contributed by atoms with Crippen LogP contribution < -0.4 is 4.74 Å². The molecule has 0 unspecified atom stereocenters. The van der Waals surface area contributed by atoms with Gasteiger partial charge in [0.2, 0.25) is 0 Å². The van der Waals surface area contributed by atoms with Crippen LogP contribution in [-0.2, 0) is 6.61 Å². The number of nitrogens with zero attached hydrogens (tertiary/aromatic N) is 2. The molecule has 1 fully saturated rings. The minimum absolute atomic E-state index is 0.408. The molecule has 106 valence electrons. The van der Waals surface area contributed by atoms with E-state index in [1.165, 1.54) is 25.7 Å². The van der Waals surface area contributed by atoms with Crippen LogP contribution >= 0.6 is 23.8 Å². The highest BCUT2D eigenvalue weighted by molar-refractivity contribution is 7.71. The van der Waals surface area contributed by atoms with Gasteiger partial charge in [0.1, 0.15) is 12.4 Å². The maximum atomic E-state index is 5.85. The first kappa shape index (κ1) is 13.6. The lowest BCUT2D eigenvalue weighted by molar-refractivity contribution is 0.283. The number of nitrogens with one attached hydrogen (secondary N) is 1. The van der Waals surface area contributed by atoms with Gasteiger partial charge in [0, 0.05) is 11.1 Å². The molecule has 0 saturated heterocycles. The Kier molecular flexibility index (Phi) is 4.08. The summed E-state index contributed by atoms with van der Waals surface area (Å²) in [5.74, 6) is 1.64. The molecule has 1 heterocycles. The van der Waals surface area contributed by atoms with Gasteiger partial charge in [-0.2, -0.15) is 5.10 Å². The number of hydrogen-bond donors (Lipinski definition) is 1. The highest BCUT2D eigenvalue weighted by atomic mass is 35.5. The molecule has 20 heavy (non-hydrogen) atoms. The van der Waals surface area contributed by atoms with Crippen molar-refractivity contribution in [2.45, 2.75) is 38.3 Å². The molecule has 6 heteroatoms. The van der Waals surface area contributed by atoms with Crippen LogP contribution in [0.5, 0.6) is 5.75 Å². The van der Waals surface area contributed by atoms with Gasteiger partial charge in [0.25, 0.3) is 0 Å². The predicted molar refractivity (Wildman–Crippen MR) is 80.7 cm³/mol. The van der Waals surface area contributed by atoms with Crippen molar-refractivity contribution >= 4 is 23.8 Å². The number of rotatable bonds is 4. The van der Waals surface area contributed by atoms with Gasteiger partial charge in [0.15, 0.2) is 10.6 Å². The van der Waals surface area contributed by atoms with Crippen LogP contribution in [0.1, 0.15) is 37.5 Å². The summed E-state index contributed by atoms with van der Waals surface area (Å²) in [6.45, 7) is 0.408. The normalized spacial score (nSPS) is 15.7. The number of ether oxygens (including phenoxy) is 1. The lowest BCUT2D eigenvalue weighted by Crippen LogP contribution is -2.11. The van der Waals surface area contributed by atoms with Crippen LogP contribution in [0.4, 0.5) is 0 Å². The summed E-state index contributed by atoms with van der Waals surface area (Å²) >= 11 is 11.2. The molecule has 1 aliphatic rings. The Hall–Kier alpha value is -1.33. The molecule has 1 saturated carbocycles. The molecule has 3 rings (SSSR count). The number of benzene rings is 1. The summed E-state index contributed by atoms with van der Waals surface area (Å²) in [7, 11) is 0. The standard InChI is InChI=1S/C14H16ClN3OS/c15-10-5-7-12(8-6-10)19-9-13-16-17-14(20)18(13)11-3-1-2-4-11/h5-8,11H,1-4,9H2,(H,17,20). The topological polar surface area (TPSA) is 42.8 Å². The zero-order valence-electron chi connectivity index (χ0n) is 11.0. The Morgan fingerprint density at radius 3 is 2.70 bits per heavy atom. The Morgan fingerprint density at radius 1 is 1.30 bits per heavy atom. The Morgan fingerprint density at radius 2 is 2.00 bits per heavy atom. The SMILES string of the molecule is S=c1[nH]nc(COc2ccc(Cl)cc2)n1C1CCCC1. The minimum atomic E-state index is 0.408. The van der Waals surface area contributed by atoms with E-state index in [9.17, 15) is 0 Å². The number of halogens is 1. The van der Waals surface area contributed by atoms with Gasteiger partial charge >= 0.3 is 0 Å². The molecule has 2 aromatic rings. The number of hydrogen-bond acceptors (Lipinski definition) is 3. The molecule has 1 N–H and O–H groups in total. The van der Waals surface area contributed by atoms with E-state index in [1.54, 1.807) is 0 Å². The maximum Gasteiger partial charge on any atom is 0.195 e. The third-order valence-electron chi connectivity index (χ3n) is 3.65. The van der Waals surface area contributed by atoms with Crippen LogP contribution in [-0.4, -0.2) is 14.8 Å². The third kappa shape index (κ3) is 2.88. The van der Waals surface area contributed by atoms with E-state index in [1.807, 2.05) is 24.3 Å². The van der Waals surface area contributed by atoms with Crippen LogP contribution in [0, 0.1) is 4.77 Å². The van der Waals surface area contributed by atoms with E-state index < -0.39 is 0 Å². The van der Waals surface area contributed by atoms with Crippen molar-refractivity contribution in [2.24, 2.45) is 0 Å². The van der Waals surface area contributed by atoms with Gasteiger partial charge in [-0.3, -0.25) is 9.67 Å². The monoisotopic (exact) mass is 309 g/mol. The maximum absolute atomic E-state index is 5.85. The fraction of sp³-hybridized carbons (Fsp3) is 0.429. The average molecular weight is 310 g/mol. The first-order chi connectivity index (χ1) is 9.74. The first-order valence-corrected chi connectivity index (χ1v) is 7.57. The van der Waals surface area contributed by atoms with Gasteiger partial charge in [0.05, 0.1) is 0 Å². The highest BCUT2D eigenvalue weighted by Gasteiger charge is 2.21. The van der Waals surface area contributed by atoms with Crippen molar-refractivity contribution in [3.63, 3.8) is 0 Å². The van der Waals surface area contributed by atoms with Gasteiger partial charge in [-0.15, -0.1) is 0 Å². The van der Waals surface area contributed by atoms with Crippen LogP contribution in [0.25, 0.3) is 0 Å². The van der Waals surface area contributed by atoms with Crippen molar-refractivity contribution in [1.82, 2.24) is 14.8 Å². The number of aromatic amines is 1. The molecule has 1 aromatic heterocycles. The van der Waals surface area contributed by atoms with Crippen molar-refractivity contribution in [1.29, 1.82) is 0 Å². The summed E-state index contributed by atoms with van der Waals surface area (Å²) in [4.78, 5) is 0. The largest absolute Gasteiger partial charge is 0.486 e. The first-order valence-electron chi connectivity index (χ1n) is 6.78. The predicted octanol–water partition coefficient (Wildman–Crippen LogP) is 4.29. The molecule has 1 aliphatic carbocycles. The van der Waals surface area contributed by atoms with Gasteiger partial charge in [-0.1, -0.05) is 24.4 Å². The Balaban J connectivity index is 1.74. The van der Waals surface area contributed by atoms with E-state index in [2.05, 4.69) is 14.8 Å². The molecule has 0 amide bonds. The Bertz CT molecular complexity index is 629. The fourth-order valence-corrected chi connectivity index (χ4v) is 3.08. The summed E-state index contributed by atoms with van der Waals surface area (Å²) in [6.07, 6.45) is 4.85. The summed E-state index contributed by atoms with van der Waals surface area (Å²) in [5, 5.41) is 7.86. The fourth-order valence-electron chi connectivity index (χ4n) is 2.66. The lowest BCUT2D eigenvalue weighted by atomic mass is 10.2. The molecular formula is C14H16ClN3OS. The van der Waals surface area contributed by atoms with Gasteiger partial charge in [-0.25, -0.2) is 0 Å². The van der Waals surface area contributed by atoms with E-state index in [-0.39, 0.29) is 0 Å². The lowest BCUT2D eigenvalue weighted by Gasteiger charge is -2.14. The van der Waals surface area contributed by atoms with E-state index in [0.717, 1.165) is 11.6 Å². The van der Waals surface area contributed by atoms with Gasteiger partial charge < -0.3 is 4.74 Å². The second-order valence-corrected chi connectivity index (χ2v) is 5.82. The zero-order valence-corrected chi connectivity index (χ0v) is 12.6. The van der Waals surface area contributed by atoms with Crippen molar-refractivity contribution < 1.29 is 4.74 Å². The van der Waals surface area contributed by atoms with Crippen molar-refractivity contribution in [2.75, 3.05) is 0 Å². The molecule has 1 aromatic carbocycles. The number of aromatic nitrogens is 3. The highest BCUT2D eigenvalue weighted by Crippen LogP contribution is 2.30. The summed E-state index contributed by atoms with van der Waals surface area (Å²) < 4.78 is 8.55. The van der Waals surface area contributed by atoms with Crippen molar-refractivity contribution in [3.05, 3.63) is 39.9 Å². The van der Waals surface area contributed by atoms with Crippen LogP contribution in [0.3, 0.4) is 0 Å². The summed E-state index contributed by atoms with van der Waals surface area (Å²) in [5.41, 5.74) is 0. The molecular weight excluding hydrogens is 294 g/mol. The molecule has 0 bridgehead atoms. The zero-order chi connectivity index (χ0) is 13.9. The van der Waals surface area contributed by atoms with E-state index >= 15 is 0 Å². The van der Waals surface area contributed by atoms with Crippen LogP contribution in [0.2, 0.25) is 5.02 Å². The molecule has 0 radical (unpaired) electrons. The molecule has 0 aliphatic heterocycles. The molecule has 0 atom stereocenters. The second kappa shape index (κ2) is 5.97. The smallest absolute Gasteiger partial charge is 0.195 e. The minimum Gasteiger partial charge on any atom is -0.486 e. The average Bonchev–Trinajstić information content (AvgIpc) is 3.07.